The van der Waals surface area contributed by atoms with Crippen molar-refractivity contribution in [1.82, 2.24) is 0 Å². The topological polar surface area (TPSA) is 102 Å². The molecular weight excluding hydrogens is 424 g/mol. The van der Waals surface area contributed by atoms with Gasteiger partial charge in [0.05, 0.1) is 28.8 Å². The maximum Gasteiger partial charge on any atom is 0.338 e. The number of esters is 2. The number of hydrogen-bond donors (Lipinski definition) is 1. The molecule has 0 bridgehead atoms. The third kappa shape index (κ3) is 5.61. The number of rotatable bonds is 7. The van der Waals surface area contributed by atoms with E-state index >= 15 is 0 Å². The predicted molar refractivity (Wildman–Crippen MR) is 114 cm³/mol. The fraction of sp³-hybridized carbons (Fsp3) is 0.273. The van der Waals surface area contributed by atoms with Crippen molar-refractivity contribution in [3.8, 4) is 0 Å². The Morgan fingerprint density at radius 2 is 1.81 bits per heavy atom. The summed E-state index contributed by atoms with van der Waals surface area (Å²) in [4.78, 5) is 49.8. The van der Waals surface area contributed by atoms with E-state index in [1.807, 2.05) is 0 Å². The third-order valence-electron chi connectivity index (χ3n) is 4.63. The van der Waals surface area contributed by atoms with Gasteiger partial charge in [0.25, 0.3) is 5.91 Å². The van der Waals surface area contributed by atoms with Gasteiger partial charge in [-0.25, -0.2) is 4.79 Å². The van der Waals surface area contributed by atoms with E-state index < -0.39 is 30.4 Å². The number of nitrogens with one attached hydrogen (secondary N) is 1. The first-order chi connectivity index (χ1) is 14.9. The van der Waals surface area contributed by atoms with Crippen molar-refractivity contribution in [1.29, 1.82) is 0 Å². The van der Waals surface area contributed by atoms with E-state index in [-0.39, 0.29) is 25.5 Å². The van der Waals surface area contributed by atoms with Gasteiger partial charge >= 0.3 is 11.9 Å². The highest BCUT2D eigenvalue weighted by atomic mass is 35.5. The van der Waals surface area contributed by atoms with Crippen LogP contribution < -0.4 is 10.2 Å². The van der Waals surface area contributed by atoms with Gasteiger partial charge < -0.3 is 19.7 Å². The fourth-order valence-corrected chi connectivity index (χ4v) is 3.36. The molecule has 1 atom stereocenters. The van der Waals surface area contributed by atoms with Gasteiger partial charge in [-0.2, -0.15) is 0 Å². The maximum absolute atomic E-state index is 12.3. The van der Waals surface area contributed by atoms with E-state index in [0.29, 0.717) is 22.0 Å². The third-order valence-corrected chi connectivity index (χ3v) is 4.95. The Hall–Kier alpha value is -3.39. The van der Waals surface area contributed by atoms with Gasteiger partial charge in [-0.3, -0.25) is 14.4 Å². The molecule has 1 aliphatic heterocycles. The molecule has 1 saturated heterocycles. The summed E-state index contributed by atoms with van der Waals surface area (Å²) in [5.41, 5.74) is 1.34. The standard InChI is InChI=1S/C22H21ClN2O6/c1-2-30-21(28)14-7-9-16(10-8-14)24-19(26)13-31-22(29)15-11-20(27)25(12-15)18-6-4-3-5-17(18)23/h3-10,15H,2,11-13H2,1H3,(H,24,26)/t15-/m0/s1. The van der Waals surface area contributed by atoms with Crippen LogP contribution in [0.1, 0.15) is 23.7 Å². The minimum atomic E-state index is -0.680. The van der Waals surface area contributed by atoms with Crippen molar-refractivity contribution < 1.29 is 28.7 Å². The molecule has 0 aromatic heterocycles. The number of carbonyl (C=O) groups excluding carboxylic acids is 4. The first kappa shape index (κ1) is 22.3. The normalized spacial score (nSPS) is 15.5. The van der Waals surface area contributed by atoms with E-state index in [0.717, 1.165) is 0 Å². The zero-order chi connectivity index (χ0) is 22.4. The number of amides is 2. The lowest BCUT2D eigenvalue weighted by Gasteiger charge is -2.17. The first-order valence-corrected chi connectivity index (χ1v) is 10.1. The van der Waals surface area contributed by atoms with Gasteiger partial charge in [0.15, 0.2) is 6.61 Å². The molecule has 31 heavy (non-hydrogen) atoms. The van der Waals surface area contributed by atoms with Gasteiger partial charge in [-0.1, -0.05) is 23.7 Å². The molecule has 0 radical (unpaired) electrons. The maximum atomic E-state index is 12.3. The molecule has 1 aliphatic rings. The molecule has 2 amide bonds. The summed E-state index contributed by atoms with van der Waals surface area (Å²) in [7, 11) is 0. The van der Waals surface area contributed by atoms with Gasteiger partial charge in [-0.05, 0) is 43.3 Å². The summed E-state index contributed by atoms with van der Waals surface area (Å²) >= 11 is 6.13. The van der Waals surface area contributed by atoms with Crippen molar-refractivity contribution >= 4 is 46.7 Å². The van der Waals surface area contributed by atoms with Crippen molar-refractivity contribution in [3.05, 3.63) is 59.1 Å². The van der Waals surface area contributed by atoms with E-state index in [4.69, 9.17) is 21.1 Å². The average molecular weight is 445 g/mol. The highest BCUT2D eigenvalue weighted by Gasteiger charge is 2.37. The lowest BCUT2D eigenvalue weighted by atomic mass is 10.1. The van der Waals surface area contributed by atoms with Gasteiger partial charge in [0.2, 0.25) is 5.91 Å². The molecule has 2 aromatic rings. The average Bonchev–Trinajstić information content (AvgIpc) is 3.14. The Kier molecular flexibility index (Phi) is 7.25. The van der Waals surface area contributed by atoms with Crippen LogP contribution in [0.2, 0.25) is 5.02 Å². The van der Waals surface area contributed by atoms with Crippen LogP contribution in [0.25, 0.3) is 0 Å². The second-order valence-corrected chi connectivity index (χ2v) is 7.22. The first-order valence-electron chi connectivity index (χ1n) is 9.67. The highest BCUT2D eigenvalue weighted by Crippen LogP contribution is 2.31. The Balaban J connectivity index is 1.49. The number of carbonyl (C=O) groups is 4. The van der Waals surface area contributed by atoms with E-state index in [1.54, 1.807) is 43.3 Å². The van der Waals surface area contributed by atoms with E-state index in [1.165, 1.54) is 17.0 Å². The number of ether oxygens (including phenoxy) is 2. The van der Waals surface area contributed by atoms with Gasteiger partial charge in [-0.15, -0.1) is 0 Å². The molecule has 3 rings (SSSR count). The van der Waals surface area contributed by atoms with Crippen molar-refractivity contribution in [2.45, 2.75) is 13.3 Å². The largest absolute Gasteiger partial charge is 0.462 e. The van der Waals surface area contributed by atoms with Crippen LogP contribution in [0.3, 0.4) is 0 Å². The molecule has 1 N–H and O–H groups in total. The van der Waals surface area contributed by atoms with Crippen molar-refractivity contribution in [3.63, 3.8) is 0 Å². The molecule has 8 nitrogen and oxygen atoms in total. The zero-order valence-corrected chi connectivity index (χ0v) is 17.6. The number of para-hydroxylation sites is 1. The molecule has 9 heteroatoms. The smallest absolute Gasteiger partial charge is 0.338 e. The molecule has 1 fully saturated rings. The van der Waals surface area contributed by atoms with E-state index in [9.17, 15) is 19.2 Å². The van der Waals surface area contributed by atoms with Gasteiger partial charge in [0.1, 0.15) is 0 Å². The van der Waals surface area contributed by atoms with Crippen LogP contribution in [0.15, 0.2) is 48.5 Å². The van der Waals surface area contributed by atoms with Crippen LogP contribution >= 0.6 is 11.6 Å². The molecular formula is C22H21ClN2O6. The van der Waals surface area contributed by atoms with Crippen LogP contribution in [0.4, 0.5) is 11.4 Å². The Morgan fingerprint density at radius 3 is 2.48 bits per heavy atom. The molecule has 0 aliphatic carbocycles. The van der Waals surface area contributed by atoms with Crippen LogP contribution in [-0.4, -0.2) is 43.5 Å². The molecule has 0 spiro atoms. The molecule has 2 aromatic carbocycles. The quantitative estimate of drug-likeness (QED) is 0.658. The highest BCUT2D eigenvalue weighted by molar-refractivity contribution is 6.33. The minimum Gasteiger partial charge on any atom is -0.462 e. The monoisotopic (exact) mass is 444 g/mol. The Bertz CT molecular complexity index is 992. The number of hydrogen-bond acceptors (Lipinski definition) is 6. The van der Waals surface area contributed by atoms with E-state index in [2.05, 4.69) is 5.32 Å². The van der Waals surface area contributed by atoms with Gasteiger partial charge in [0, 0.05) is 18.7 Å². The van der Waals surface area contributed by atoms with Crippen molar-refractivity contribution in [2.24, 2.45) is 5.92 Å². The summed E-state index contributed by atoms with van der Waals surface area (Å²) in [5, 5.41) is 2.99. The zero-order valence-electron chi connectivity index (χ0n) is 16.8. The lowest BCUT2D eigenvalue weighted by molar-refractivity contribution is -0.151. The summed E-state index contributed by atoms with van der Waals surface area (Å²) in [6, 6.07) is 13.0. The second kappa shape index (κ2) is 10.1. The number of anilines is 2. The molecule has 0 unspecified atom stereocenters. The number of nitrogens with zero attached hydrogens (tertiary/aromatic N) is 1. The van der Waals surface area contributed by atoms with Crippen LogP contribution in [-0.2, 0) is 23.9 Å². The number of benzene rings is 2. The second-order valence-electron chi connectivity index (χ2n) is 6.81. The number of halogens is 1. The summed E-state index contributed by atoms with van der Waals surface area (Å²) in [6.45, 7) is 1.63. The predicted octanol–water partition coefficient (Wildman–Crippen LogP) is 3.05. The van der Waals surface area contributed by atoms with Crippen molar-refractivity contribution in [2.75, 3.05) is 30.0 Å². The lowest BCUT2D eigenvalue weighted by Crippen LogP contribution is -2.28. The minimum absolute atomic E-state index is 0.0129. The SMILES string of the molecule is CCOC(=O)c1ccc(NC(=O)COC(=O)[C@H]2CC(=O)N(c3ccccc3Cl)C2)cc1. The Morgan fingerprint density at radius 1 is 1.10 bits per heavy atom. The van der Waals surface area contributed by atoms with Crippen LogP contribution in [0, 0.1) is 5.92 Å². The fourth-order valence-electron chi connectivity index (χ4n) is 3.12. The Labute approximate surface area is 184 Å². The molecule has 1 heterocycles. The summed E-state index contributed by atoms with van der Waals surface area (Å²) < 4.78 is 9.97. The molecule has 0 saturated carbocycles. The summed E-state index contributed by atoms with van der Waals surface area (Å²) in [6.07, 6.45) is -0.0129. The van der Waals surface area contributed by atoms with Crippen LogP contribution in [0.5, 0.6) is 0 Å². The summed E-state index contributed by atoms with van der Waals surface area (Å²) in [5.74, 6) is -2.53. The molecule has 162 valence electrons.